The van der Waals surface area contributed by atoms with E-state index in [4.69, 9.17) is 15.7 Å². The van der Waals surface area contributed by atoms with Gasteiger partial charge in [-0.1, -0.05) is 0 Å². The first-order valence-corrected chi connectivity index (χ1v) is 10.5. The van der Waals surface area contributed by atoms with Crippen LogP contribution in [0.4, 0.5) is 27.5 Å². The number of nitrogens with zero attached hydrogens (tertiary/aromatic N) is 4. The molecule has 1 aliphatic heterocycles. The maximum atomic E-state index is 14.4. The molecule has 6 rings (SSSR count). The Labute approximate surface area is 178 Å². The van der Waals surface area contributed by atoms with E-state index in [1.165, 1.54) is 6.07 Å². The third kappa shape index (κ3) is 2.88. The lowest BCUT2D eigenvalue weighted by atomic mass is 10.0. The molecular formula is C22H23FN8. The van der Waals surface area contributed by atoms with E-state index >= 15 is 0 Å². The number of nitrogens with two attached hydrogens (primary N) is 1. The minimum absolute atomic E-state index is 0.239. The van der Waals surface area contributed by atoms with Gasteiger partial charge in [0.1, 0.15) is 17.3 Å². The number of H-pyrrole nitrogens is 1. The van der Waals surface area contributed by atoms with Gasteiger partial charge in [0.2, 0.25) is 5.95 Å². The highest BCUT2D eigenvalue weighted by Crippen LogP contribution is 2.43. The Kier molecular flexibility index (Phi) is 4.01. The van der Waals surface area contributed by atoms with Crippen molar-refractivity contribution in [1.29, 1.82) is 0 Å². The summed E-state index contributed by atoms with van der Waals surface area (Å²) < 4.78 is 14.4. The highest BCUT2D eigenvalue weighted by Gasteiger charge is 2.44. The number of aromatic nitrogens is 4. The number of hydrogen-bond acceptors (Lipinski definition) is 7. The first-order valence-electron chi connectivity index (χ1n) is 10.5. The zero-order chi connectivity index (χ0) is 21.1. The number of rotatable bonds is 4. The van der Waals surface area contributed by atoms with Gasteiger partial charge in [-0.25, -0.2) is 4.39 Å². The Bertz CT molecular complexity index is 1290. The van der Waals surface area contributed by atoms with Gasteiger partial charge in [-0.2, -0.15) is 9.97 Å². The molecule has 1 aliphatic carbocycles. The third-order valence-electron chi connectivity index (χ3n) is 6.56. The maximum Gasteiger partial charge on any atom is 0.231 e. The van der Waals surface area contributed by atoms with Crippen molar-refractivity contribution < 1.29 is 4.39 Å². The summed E-state index contributed by atoms with van der Waals surface area (Å²) in [4.78, 5) is 19.5. The number of pyridine rings is 1. The quantitative estimate of drug-likeness (QED) is 0.402. The van der Waals surface area contributed by atoms with Crippen molar-refractivity contribution in [3.63, 3.8) is 0 Å². The number of aromatic amines is 1. The van der Waals surface area contributed by atoms with Crippen LogP contribution in [0.25, 0.3) is 21.9 Å². The van der Waals surface area contributed by atoms with Gasteiger partial charge in [0, 0.05) is 37.3 Å². The van der Waals surface area contributed by atoms with E-state index in [0.29, 0.717) is 29.2 Å². The number of piperidine rings is 1. The van der Waals surface area contributed by atoms with Gasteiger partial charge in [0.15, 0.2) is 0 Å². The Morgan fingerprint density at radius 3 is 2.87 bits per heavy atom. The van der Waals surface area contributed by atoms with E-state index in [-0.39, 0.29) is 11.9 Å². The molecule has 1 saturated heterocycles. The predicted molar refractivity (Wildman–Crippen MR) is 120 cm³/mol. The van der Waals surface area contributed by atoms with Gasteiger partial charge in [-0.15, -0.1) is 0 Å². The van der Waals surface area contributed by atoms with Crippen LogP contribution in [0.3, 0.4) is 0 Å². The molecule has 2 fully saturated rings. The van der Waals surface area contributed by atoms with E-state index < -0.39 is 0 Å². The molecule has 0 spiro atoms. The molecule has 9 heteroatoms. The lowest BCUT2D eigenvalue weighted by molar-refractivity contribution is 0.471. The SMILES string of the molecule is CNc1cc(F)cc2c1[nH]c1nc(Nc3cccnc3)nc(N3C[C@H]4C[C@@H]3C[C@H]4N)c12. The molecule has 158 valence electrons. The molecule has 3 atom stereocenters. The molecule has 5 N–H and O–H groups in total. The molecule has 4 heterocycles. The predicted octanol–water partition coefficient (Wildman–Crippen LogP) is 3.36. The number of anilines is 4. The molecule has 2 aliphatic rings. The zero-order valence-corrected chi connectivity index (χ0v) is 17.1. The standard InChI is InChI=1S/C22H23FN8/c1-25-17-7-12(23)6-15-18-20(28-19(15)17)29-22(27-13-3-2-4-26-9-13)30-21(18)31-10-11-5-14(31)8-16(11)24/h2-4,6-7,9,11,14,16,25H,5,8,10,24H2,1H3,(H2,27,28,29,30)/t11-,14-,16-/m1/s1. The zero-order valence-electron chi connectivity index (χ0n) is 17.1. The second-order valence-electron chi connectivity index (χ2n) is 8.41. The Hall–Kier alpha value is -3.46. The van der Waals surface area contributed by atoms with Crippen LogP contribution in [0.1, 0.15) is 12.8 Å². The molecular weight excluding hydrogens is 395 g/mol. The molecule has 0 unspecified atom stereocenters. The molecule has 1 saturated carbocycles. The van der Waals surface area contributed by atoms with Crippen LogP contribution in [0.5, 0.6) is 0 Å². The van der Waals surface area contributed by atoms with Crippen LogP contribution in [0, 0.1) is 11.7 Å². The summed E-state index contributed by atoms with van der Waals surface area (Å²) in [5, 5.41) is 7.94. The minimum Gasteiger partial charge on any atom is -0.386 e. The fourth-order valence-electron chi connectivity index (χ4n) is 5.12. The van der Waals surface area contributed by atoms with E-state index in [0.717, 1.165) is 47.2 Å². The van der Waals surface area contributed by atoms with Crippen molar-refractivity contribution in [2.75, 3.05) is 29.1 Å². The van der Waals surface area contributed by atoms with Gasteiger partial charge in [0.25, 0.3) is 0 Å². The summed E-state index contributed by atoms with van der Waals surface area (Å²) in [6.45, 7) is 0.852. The highest BCUT2D eigenvalue weighted by atomic mass is 19.1. The molecule has 3 aromatic heterocycles. The van der Waals surface area contributed by atoms with Gasteiger partial charge < -0.3 is 26.3 Å². The van der Waals surface area contributed by atoms with Crippen molar-refractivity contribution >= 4 is 45.1 Å². The first-order chi connectivity index (χ1) is 15.1. The molecule has 8 nitrogen and oxygen atoms in total. The number of nitrogens with one attached hydrogen (secondary N) is 3. The molecule has 4 aromatic rings. The topological polar surface area (TPSA) is 108 Å². The summed E-state index contributed by atoms with van der Waals surface area (Å²) >= 11 is 0. The first kappa shape index (κ1) is 18.3. The van der Waals surface area contributed by atoms with Crippen molar-refractivity contribution in [3.8, 4) is 0 Å². The summed E-state index contributed by atoms with van der Waals surface area (Å²) in [5.74, 6) is 1.45. The molecule has 0 radical (unpaired) electrons. The second-order valence-corrected chi connectivity index (χ2v) is 8.41. The van der Waals surface area contributed by atoms with E-state index in [2.05, 4.69) is 25.5 Å². The molecule has 1 aromatic carbocycles. The van der Waals surface area contributed by atoms with Crippen LogP contribution in [-0.2, 0) is 0 Å². The Morgan fingerprint density at radius 1 is 1.26 bits per heavy atom. The average Bonchev–Trinajstić information content (AvgIpc) is 3.45. The monoisotopic (exact) mass is 418 g/mol. The smallest absolute Gasteiger partial charge is 0.231 e. The maximum absolute atomic E-state index is 14.4. The Balaban J connectivity index is 1.57. The van der Waals surface area contributed by atoms with Gasteiger partial charge >= 0.3 is 0 Å². The van der Waals surface area contributed by atoms with Crippen molar-refractivity contribution in [2.45, 2.75) is 24.9 Å². The fraction of sp³-hybridized carbons (Fsp3) is 0.318. The van der Waals surface area contributed by atoms with Crippen LogP contribution < -0.4 is 21.3 Å². The molecule has 31 heavy (non-hydrogen) atoms. The van der Waals surface area contributed by atoms with Gasteiger partial charge in [-0.05, 0) is 43.0 Å². The molecule has 2 bridgehead atoms. The van der Waals surface area contributed by atoms with E-state index in [9.17, 15) is 4.39 Å². The Morgan fingerprint density at radius 2 is 2.16 bits per heavy atom. The minimum atomic E-state index is -0.300. The number of benzene rings is 1. The lowest BCUT2D eigenvalue weighted by Gasteiger charge is -2.31. The van der Waals surface area contributed by atoms with Gasteiger partial charge in [0.05, 0.1) is 28.5 Å². The van der Waals surface area contributed by atoms with Crippen LogP contribution in [-0.4, -0.2) is 45.6 Å². The van der Waals surface area contributed by atoms with Crippen molar-refractivity contribution in [2.24, 2.45) is 11.7 Å². The summed E-state index contributed by atoms with van der Waals surface area (Å²) in [6.07, 6.45) is 5.46. The largest absolute Gasteiger partial charge is 0.386 e. The lowest BCUT2D eigenvalue weighted by Crippen LogP contribution is -2.41. The highest BCUT2D eigenvalue weighted by molar-refractivity contribution is 6.15. The van der Waals surface area contributed by atoms with Crippen molar-refractivity contribution in [3.05, 3.63) is 42.5 Å². The summed E-state index contributed by atoms with van der Waals surface area (Å²) in [5.41, 5.74) is 9.26. The normalized spacial score (nSPS) is 22.5. The van der Waals surface area contributed by atoms with Crippen LogP contribution >= 0.6 is 0 Å². The van der Waals surface area contributed by atoms with Crippen LogP contribution in [0.15, 0.2) is 36.7 Å². The van der Waals surface area contributed by atoms with E-state index in [1.807, 2.05) is 12.1 Å². The van der Waals surface area contributed by atoms with Crippen molar-refractivity contribution in [1.82, 2.24) is 19.9 Å². The summed E-state index contributed by atoms with van der Waals surface area (Å²) in [7, 11) is 1.78. The third-order valence-corrected chi connectivity index (χ3v) is 6.56. The van der Waals surface area contributed by atoms with Gasteiger partial charge in [-0.3, -0.25) is 4.98 Å². The molecule has 0 amide bonds. The number of halogens is 1. The fourth-order valence-corrected chi connectivity index (χ4v) is 5.12. The number of hydrogen-bond donors (Lipinski definition) is 4. The summed E-state index contributed by atoms with van der Waals surface area (Å²) in [6, 6.07) is 7.38. The average molecular weight is 418 g/mol. The van der Waals surface area contributed by atoms with Crippen LogP contribution in [0.2, 0.25) is 0 Å². The van der Waals surface area contributed by atoms with E-state index in [1.54, 1.807) is 25.5 Å². The second kappa shape index (κ2) is 6.78. The number of fused-ring (bicyclic) bond motifs is 5.